The first-order valence-electron chi connectivity index (χ1n) is 8.09. The average Bonchev–Trinajstić information content (AvgIpc) is 3.17. The van der Waals surface area contributed by atoms with E-state index in [4.69, 9.17) is 9.47 Å². The molecule has 3 nitrogen and oxygen atoms in total. The summed E-state index contributed by atoms with van der Waals surface area (Å²) in [6, 6.07) is 11.5. The SMILES string of the molecule is C[C@H](CCc1ccc(F)cc1)N1Cc2cc3c(cc2C1)OCO3.Cl. The van der Waals surface area contributed by atoms with Gasteiger partial charge in [-0.3, -0.25) is 4.90 Å². The van der Waals surface area contributed by atoms with Gasteiger partial charge in [0.2, 0.25) is 6.79 Å². The smallest absolute Gasteiger partial charge is 0.231 e. The van der Waals surface area contributed by atoms with E-state index in [1.54, 1.807) is 0 Å². The summed E-state index contributed by atoms with van der Waals surface area (Å²) in [7, 11) is 0. The van der Waals surface area contributed by atoms with E-state index in [-0.39, 0.29) is 18.2 Å². The third-order valence-corrected chi connectivity index (χ3v) is 4.83. The van der Waals surface area contributed by atoms with E-state index in [2.05, 4.69) is 24.0 Å². The molecule has 2 aromatic carbocycles. The second-order valence-corrected chi connectivity index (χ2v) is 6.39. The van der Waals surface area contributed by atoms with Gasteiger partial charge in [-0.2, -0.15) is 0 Å². The predicted octanol–water partition coefficient (Wildman–Crippen LogP) is 4.31. The summed E-state index contributed by atoms with van der Waals surface area (Å²) in [5, 5.41) is 0. The van der Waals surface area contributed by atoms with Crippen LogP contribution in [-0.2, 0) is 19.5 Å². The Hall–Kier alpha value is -1.78. The van der Waals surface area contributed by atoms with Gasteiger partial charge in [-0.1, -0.05) is 12.1 Å². The number of nitrogens with zero attached hydrogens (tertiary/aromatic N) is 1. The van der Waals surface area contributed by atoms with Crippen LogP contribution in [0.1, 0.15) is 30.0 Å². The molecule has 0 fully saturated rings. The fourth-order valence-corrected chi connectivity index (χ4v) is 3.33. The number of rotatable bonds is 4. The molecule has 0 saturated carbocycles. The molecule has 0 spiro atoms. The van der Waals surface area contributed by atoms with Gasteiger partial charge < -0.3 is 9.47 Å². The summed E-state index contributed by atoms with van der Waals surface area (Å²) in [6.45, 7) is 4.50. The molecule has 24 heavy (non-hydrogen) atoms. The molecule has 2 aliphatic heterocycles. The van der Waals surface area contributed by atoms with Gasteiger partial charge in [0.05, 0.1) is 0 Å². The van der Waals surface area contributed by atoms with Gasteiger partial charge in [0, 0.05) is 19.1 Å². The Bertz CT molecular complexity index is 687. The maximum atomic E-state index is 13.0. The summed E-state index contributed by atoms with van der Waals surface area (Å²) in [6.07, 6.45) is 2.03. The van der Waals surface area contributed by atoms with E-state index < -0.39 is 0 Å². The molecule has 2 aromatic rings. The molecule has 0 aliphatic carbocycles. The van der Waals surface area contributed by atoms with Gasteiger partial charge in [0.25, 0.3) is 0 Å². The minimum absolute atomic E-state index is 0. The Kier molecular flexibility index (Phi) is 4.97. The zero-order valence-corrected chi connectivity index (χ0v) is 14.4. The van der Waals surface area contributed by atoms with Crippen LogP contribution in [0.15, 0.2) is 36.4 Å². The van der Waals surface area contributed by atoms with Crippen molar-refractivity contribution in [2.45, 2.75) is 38.9 Å². The monoisotopic (exact) mass is 349 g/mol. The fraction of sp³-hybridized carbons (Fsp3) is 0.368. The Morgan fingerprint density at radius 2 is 1.62 bits per heavy atom. The highest BCUT2D eigenvalue weighted by Gasteiger charge is 2.26. The van der Waals surface area contributed by atoms with Crippen LogP contribution in [0.2, 0.25) is 0 Å². The topological polar surface area (TPSA) is 21.7 Å². The third-order valence-electron chi connectivity index (χ3n) is 4.83. The largest absolute Gasteiger partial charge is 0.454 e. The minimum Gasteiger partial charge on any atom is -0.454 e. The van der Waals surface area contributed by atoms with Gasteiger partial charge in [0.15, 0.2) is 11.5 Å². The second-order valence-electron chi connectivity index (χ2n) is 6.39. The molecule has 0 radical (unpaired) electrons. The first kappa shape index (κ1) is 17.1. The number of hydrogen-bond donors (Lipinski definition) is 0. The van der Waals surface area contributed by atoms with Crippen molar-refractivity contribution in [3.8, 4) is 11.5 Å². The van der Waals surface area contributed by atoms with Crippen molar-refractivity contribution in [3.63, 3.8) is 0 Å². The van der Waals surface area contributed by atoms with E-state index in [0.29, 0.717) is 12.8 Å². The first-order valence-corrected chi connectivity index (χ1v) is 8.09. The molecular formula is C19H21ClFNO2. The van der Waals surface area contributed by atoms with Crippen molar-refractivity contribution in [3.05, 3.63) is 58.9 Å². The fourth-order valence-electron chi connectivity index (χ4n) is 3.33. The van der Waals surface area contributed by atoms with Gasteiger partial charge in [-0.15, -0.1) is 12.4 Å². The summed E-state index contributed by atoms with van der Waals surface area (Å²) < 4.78 is 23.9. The normalized spacial score (nSPS) is 16.6. The molecule has 0 N–H and O–H groups in total. The lowest BCUT2D eigenvalue weighted by molar-refractivity contribution is 0.173. The zero-order chi connectivity index (χ0) is 15.8. The standard InChI is InChI=1S/C19H20FNO2.ClH/c1-13(2-3-14-4-6-17(20)7-5-14)21-10-15-8-18-19(23-12-22-18)9-16(15)11-21;/h4-9,13H,2-3,10-12H2,1H3;1H/t13-;/m1./s1. The van der Waals surface area contributed by atoms with Crippen molar-refractivity contribution in [2.24, 2.45) is 0 Å². The van der Waals surface area contributed by atoms with Crippen molar-refractivity contribution >= 4 is 12.4 Å². The molecule has 2 heterocycles. The van der Waals surface area contributed by atoms with Crippen molar-refractivity contribution in [2.75, 3.05) is 6.79 Å². The molecule has 0 aromatic heterocycles. The third kappa shape index (κ3) is 3.35. The number of ether oxygens (including phenoxy) is 2. The quantitative estimate of drug-likeness (QED) is 0.820. The minimum atomic E-state index is -0.172. The number of hydrogen-bond acceptors (Lipinski definition) is 3. The molecule has 0 amide bonds. The summed E-state index contributed by atoms with van der Waals surface area (Å²) in [5.74, 6) is 1.56. The van der Waals surface area contributed by atoms with Crippen LogP contribution >= 0.6 is 12.4 Å². The molecule has 5 heteroatoms. The lowest BCUT2D eigenvalue weighted by Crippen LogP contribution is -2.28. The van der Waals surface area contributed by atoms with E-state index in [1.165, 1.54) is 28.8 Å². The Morgan fingerprint density at radius 1 is 1.04 bits per heavy atom. The van der Waals surface area contributed by atoms with Crippen LogP contribution in [0.3, 0.4) is 0 Å². The number of benzene rings is 2. The summed E-state index contributed by atoms with van der Waals surface area (Å²) in [5.41, 5.74) is 3.86. The van der Waals surface area contributed by atoms with Crippen molar-refractivity contribution in [1.82, 2.24) is 4.90 Å². The molecule has 4 rings (SSSR count). The van der Waals surface area contributed by atoms with Crippen LogP contribution in [0, 0.1) is 5.82 Å². The van der Waals surface area contributed by atoms with Gasteiger partial charge in [-0.05, 0) is 60.7 Å². The molecule has 2 aliphatic rings. The molecular weight excluding hydrogens is 329 g/mol. The molecule has 128 valence electrons. The maximum absolute atomic E-state index is 13.0. The second kappa shape index (κ2) is 6.99. The van der Waals surface area contributed by atoms with E-state index in [0.717, 1.165) is 37.4 Å². The lowest BCUT2D eigenvalue weighted by Gasteiger charge is -2.23. The lowest BCUT2D eigenvalue weighted by atomic mass is 10.1. The van der Waals surface area contributed by atoms with Crippen LogP contribution in [-0.4, -0.2) is 17.7 Å². The van der Waals surface area contributed by atoms with Gasteiger partial charge in [-0.25, -0.2) is 4.39 Å². The molecule has 0 saturated heterocycles. The van der Waals surface area contributed by atoms with Crippen LogP contribution in [0.25, 0.3) is 0 Å². The van der Waals surface area contributed by atoms with E-state index in [9.17, 15) is 4.39 Å². The number of fused-ring (bicyclic) bond motifs is 2. The summed E-state index contributed by atoms with van der Waals surface area (Å²) >= 11 is 0. The Morgan fingerprint density at radius 3 is 2.21 bits per heavy atom. The van der Waals surface area contributed by atoms with Crippen LogP contribution < -0.4 is 9.47 Å². The highest BCUT2D eigenvalue weighted by molar-refractivity contribution is 5.85. The predicted molar refractivity (Wildman–Crippen MR) is 93.2 cm³/mol. The first-order chi connectivity index (χ1) is 11.2. The van der Waals surface area contributed by atoms with E-state index >= 15 is 0 Å². The Labute approximate surface area is 147 Å². The number of aryl methyl sites for hydroxylation is 1. The molecule has 0 unspecified atom stereocenters. The highest BCUT2D eigenvalue weighted by atomic mass is 35.5. The average molecular weight is 350 g/mol. The van der Waals surface area contributed by atoms with E-state index in [1.807, 2.05) is 12.1 Å². The highest BCUT2D eigenvalue weighted by Crippen LogP contribution is 2.38. The summed E-state index contributed by atoms with van der Waals surface area (Å²) in [4.78, 5) is 2.48. The zero-order valence-electron chi connectivity index (χ0n) is 13.6. The van der Waals surface area contributed by atoms with Crippen molar-refractivity contribution in [1.29, 1.82) is 0 Å². The Balaban J connectivity index is 0.00000169. The van der Waals surface area contributed by atoms with Crippen molar-refractivity contribution < 1.29 is 13.9 Å². The molecule has 0 bridgehead atoms. The van der Waals surface area contributed by atoms with Gasteiger partial charge in [0.1, 0.15) is 5.82 Å². The number of halogens is 2. The van der Waals surface area contributed by atoms with Crippen LogP contribution in [0.5, 0.6) is 11.5 Å². The maximum Gasteiger partial charge on any atom is 0.231 e. The van der Waals surface area contributed by atoms with Gasteiger partial charge >= 0.3 is 0 Å². The molecule has 1 atom stereocenters. The van der Waals surface area contributed by atoms with Crippen LogP contribution in [0.4, 0.5) is 4.39 Å².